The van der Waals surface area contributed by atoms with E-state index in [1.54, 1.807) is 19.2 Å². The first kappa shape index (κ1) is 19.3. The van der Waals surface area contributed by atoms with Gasteiger partial charge in [-0.1, -0.05) is 12.1 Å². The molecular formula is C20H20FN3O4. The quantitative estimate of drug-likeness (QED) is 0.640. The fraction of sp³-hybridized carbons (Fsp3) is 0.250. The fourth-order valence-electron chi connectivity index (χ4n) is 2.46. The van der Waals surface area contributed by atoms with Crippen LogP contribution in [0, 0.1) is 5.82 Å². The number of benzene rings is 2. The van der Waals surface area contributed by atoms with E-state index in [1.165, 1.54) is 24.3 Å². The summed E-state index contributed by atoms with van der Waals surface area (Å²) in [5, 5.41) is 6.63. The maximum atomic E-state index is 13.0. The number of carbonyl (C=O) groups is 1. The lowest BCUT2D eigenvalue weighted by molar-refractivity contribution is -0.128. The SMILES string of the molecule is CCC(Oc1ccc(F)cc1)C(=O)NCc1nc(-c2ccc(OC)cc2)no1. The number of ether oxygens (including phenoxy) is 2. The Kier molecular flexibility index (Phi) is 6.21. The van der Waals surface area contributed by atoms with Gasteiger partial charge in [0.2, 0.25) is 11.7 Å². The third-order valence-electron chi connectivity index (χ3n) is 3.99. The molecule has 1 atom stereocenters. The second-order valence-electron chi connectivity index (χ2n) is 5.93. The Bertz CT molecular complexity index is 910. The summed E-state index contributed by atoms with van der Waals surface area (Å²) < 4.78 is 28.9. The topological polar surface area (TPSA) is 86.5 Å². The van der Waals surface area contributed by atoms with Gasteiger partial charge < -0.3 is 19.3 Å². The Morgan fingerprint density at radius 3 is 2.46 bits per heavy atom. The lowest BCUT2D eigenvalue weighted by Gasteiger charge is -2.16. The summed E-state index contributed by atoms with van der Waals surface area (Å²) in [6.45, 7) is 1.90. The van der Waals surface area contributed by atoms with Crippen LogP contribution < -0.4 is 14.8 Å². The van der Waals surface area contributed by atoms with E-state index >= 15 is 0 Å². The second-order valence-corrected chi connectivity index (χ2v) is 5.93. The van der Waals surface area contributed by atoms with Gasteiger partial charge in [0, 0.05) is 5.56 Å². The number of hydrogen-bond acceptors (Lipinski definition) is 6. The molecule has 8 heteroatoms. The molecule has 1 N–H and O–H groups in total. The molecule has 3 rings (SSSR count). The number of amides is 1. The first-order chi connectivity index (χ1) is 13.6. The molecule has 2 aromatic carbocycles. The molecule has 0 aliphatic heterocycles. The molecule has 0 fully saturated rings. The van der Waals surface area contributed by atoms with E-state index in [4.69, 9.17) is 14.0 Å². The maximum Gasteiger partial charge on any atom is 0.261 e. The number of halogens is 1. The Morgan fingerprint density at radius 2 is 1.82 bits per heavy atom. The van der Waals surface area contributed by atoms with Gasteiger partial charge in [-0.25, -0.2) is 4.39 Å². The molecule has 0 saturated carbocycles. The number of rotatable bonds is 8. The lowest BCUT2D eigenvalue weighted by Crippen LogP contribution is -2.37. The predicted octanol–water partition coefficient (Wildman–Crippen LogP) is 3.36. The fourth-order valence-corrected chi connectivity index (χ4v) is 2.46. The predicted molar refractivity (Wildman–Crippen MR) is 99.2 cm³/mol. The van der Waals surface area contributed by atoms with Crippen molar-refractivity contribution >= 4 is 5.91 Å². The maximum absolute atomic E-state index is 13.0. The van der Waals surface area contributed by atoms with Crippen molar-refractivity contribution in [1.29, 1.82) is 0 Å². The van der Waals surface area contributed by atoms with Crippen LogP contribution in [0.5, 0.6) is 11.5 Å². The standard InChI is InChI=1S/C20H20FN3O4/c1-3-17(27-16-10-6-14(21)7-11-16)20(25)22-12-18-23-19(24-28-18)13-4-8-15(26-2)9-5-13/h4-11,17H,3,12H2,1-2H3,(H,22,25). The third kappa shape index (κ3) is 4.85. The normalized spacial score (nSPS) is 11.7. The average molecular weight is 385 g/mol. The van der Waals surface area contributed by atoms with Crippen LogP contribution in [-0.4, -0.2) is 29.3 Å². The summed E-state index contributed by atoms with van der Waals surface area (Å²) in [4.78, 5) is 16.6. The van der Waals surface area contributed by atoms with Crippen molar-refractivity contribution in [3.8, 4) is 22.9 Å². The smallest absolute Gasteiger partial charge is 0.261 e. The number of nitrogens with one attached hydrogen (secondary N) is 1. The van der Waals surface area contributed by atoms with Crippen molar-refractivity contribution in [3.63, 3.8) is 0 Å². The van der Waals surface area contributed by atoms with Crippen LogP contribution >= 0.6 is 0 Å². The van der Waals surface area contributed by atoms with Gasteiger partial charge in [0.05, 0.1) is 13.7 Å². The van der Waals surface area contributed by atoms with E-state index < -0.39 is 6.10 Å². The Labute approximate surface area is 161 Å². The Morgan fingerprint density at radius 1 is 1.14 bits per heavy atom. The molecule has 0 radical (unpaired) electrons. The van der Waals surface area contributed by atoms with Crippen molar-refractivity contribution in [2.24, 2.45) is 0 Å². The molecule has 28 heavy (non-hydrogen) atoms. The molecule has 1 aromatic heterocycles. The van der Waals surface area contributed by atoms with Gasteiger partial charge in [-0.05, 0) is 55.0 Å². The van der Waals surface area contributed by atoms with Crippen molar-refractivity contribution in [3.05, 3.63) is 60.2 Å². The second kappa shape index (κ2) is 8.98. The summed E-state index contributed by atoms with van der Waals surface area (Å²) in [5.41, 5.74) is 0.771. The molecule has 0 aliphatic rings. The van der Waals surface area contributed by atoms with E-state index in [9.17, 15) is 9.18 Å². The number of hydrogen-bond donors (Lipinski definition) is 1. The average Bonchev–Trinajstić information content (AvgIpc) is 3.20. The van der Waals surface area contributed by atoms with Crippen molar-refractivity contribution < 1.29 is 23.2 Å². The van der Waals surface area contributed by atoms with E-state index in [0.29, 0.717) is 18.0 Å². The molecule has 7 nitrogen and oxygen atoms in total. The molecule has 146 valence electrons. The van der Waals surface area contributed by atoms with E-state index in [1.807, 2.05) is 19.1 Å². The van der Waals surface area contributed by atoms with Gasteiger partial charge in [-0.3, -0.25) is 4.79 Å². The third-order valence-corrected chi connectivity index (χ3v) is 3.99. The first-order valence-corrected chi connectivity index (χ1v) is 8.76. The molecule has 0 spiro atoms. The van der Waals surface area contributed by atoms with E-state index in [-0.39, 0.29) is 24.2 Å². The minimum atomic E-state index is -0.713. The van der Waals surface area contributed by atoms with Crippen LogP contribution in [0.2, 0.25) is 0 Å². The summed E-state index contributed by atoms with van der Waals surface area (Å²) in [6, 6.07) is 12.7. The molecule has 0 aliphatic carbocycles. The summed E-state index contributed by atoms with van der Waals surface area (Å²) in [5.74, 6) is 1.15. The zero-order valence-electron chi connectivity index (χ0n) is 15.5. The summed E-state index contributed by atoms with van der Waals surface area (Å²) in [7, 11) is 1.59. The Hall–Kier alpha value is -3.42. The van der Waals surface area contributed by atoms with Gasteiger partial charge in [0.1, 0.15) is 17.3 Å². The van der Waals surface area contributed by atoms with Gasteiger partial charge in [0.15, 0.2) is 6.10 Å². The van der Waals surface area contributed by atoms with Crippen molar-refractivity contribution in [2.45, 2.75) is 26.0 Å². The number of nitrogens with zero attached hydrogens (tertiary/aromatic N) is 2. The van der Waals surface area contributed by atoms with E-state index in [2.05, 4.69) is 15.5 Å². The lowest BCUT2D eigenvalue weighted by atomic mass is 10.2. The monoisotopic (exact) mass is 385 g/mol. The van der Waals surface area contributed by atoms with Crippen LogP contribution in [0.3, 0.4) is 0 Å². The molecule has 1 heterocycles. The summed E-state index contributed by atoms with van der Waals surface area (Å²) in [6.07, 6.45) is -0.265. The van der Waals surface area contributed by atoms with Crippen LogP contribution in [-0.2, 0) is 11.3 Å². The molecule has 1 unspecified atom stereocenters. The highest BCUT2D eigenvalue weighted by Crippen LogP contribution is 2.20. The number of aromatic nitrogens is 2. The van der Waals surface area contributed by atoms with Crippen LogP contribution in [0.1, 0.15) is 19.2 Å². The van der Waals surface area contributed by atoms with Gasteiger partial charge in [0.25, 0.3) is 5.91 Å². The summed E-state index contributed by atoms with van der Waals surface area (Å²) >= 11 is 0. The highest BCUT2D eigenvalue weighted by Gasteiger charge is 2.19. The highest BCUT2D eigenvalue weighted by atomic mass is 19.1. The minimum absolute atomic E-state index is 0.0747. The van der Waals surface area contributed by atoms with Gasteiger partial charge in [-0.15, -0.1) is 0 Å². The highest BCUT2D eigenvalue weighted by molar-refractivity contribution is 5.81. The van der Waals surface area contributed by atoms with E-state index in [0.717, 1.165) is 11.3 Å². The molecule has 0 bridgehead atoms. The number of methoxy groups -OCH3 is 1. The minimum Gasteiger partial charge on any atom is -0.497 e. The molecule has 3 aromatic rings. The largest absolute Gasteiger partial charge is 0.497 e. The molecule has 1 amide bonds. The van der Waals surface area contributed by atoms with Crippen molar-refractivity contribution in [2.75, 3.05) is 7.11 Å². The zero-order chi connectivity index (χ0) is 19.9. The molecule has 0 saturated heterocycles. The van der Waals surface area contributed by atoms with Crippen LogP contribution in [0.15, 0.2) is 53.1 Å². The Balaban J connectivity index is 1.57. The first-order valence-electron chi connectivity index (χ1n) is 8.76. The van der Waals surface area contributed by atoms with Crippen LogP contribution in [0.4, 0.5) is 4.39 Å². The van der Waals surface area contributed by atoms with Gasteiger partial charge >= 0.3 is 0 Å². The van der Waals surface area contributed by atoms with Gasteiger partial charge in [-0.2, -0.15) is 4.98 Å². The van der Waals surface area contributed by atoms with Crippen molar-refractivity contribution in [1.82, 2.24) is 15.5 Å². The molecular weight excluding hydrogens is 365 g/mol. The zero-order valence-corrected chi connectivity index (χ0v) is 15.5. The van der Waals surface area contributed by atoms with Crippen LogP contribution in [0.25, 0.3) is 11.4 Å². The number of carbonyl (C=O) groups excluding carboxylic acids is 1.